The summed E-state index contributed by atoms with van der Waals surface area (Å²) < 4.78 is 0.829. The van der Waals surface area contributed by atoms with E-state index in [-0.39, 0.29) is 11.3 Å². The van der Waals surface area contributed by atoms with Crippen molar-refractivity contribution >= 4 is 51.0 Å². The Morgan fingerprint density at radius 1 is 1.00 bits per heavy atom. The molecular formula is C26H25N3OS2. The summed E-state index contributed by atoms with van der Waals surface area (Å²) in [5.41, 5.74) is 3.62. The summed E-state index contributed by atoms with van der Waals surface area (Å²) in [5.74, 6) is 0.584. The van der Waals surface area contributed by atoms with Gasteiger partial charge in [0.2, 0.25) is 11.0 Å². The van der Waals surface area contributed by atoms with Crippen LogP contribution in [-0.4, -0.2) is 16.1 Å². The van der Waals surface area contributed by atoms with Crippen molar-refractivity contribution in [3.05, 3.63) is 89.5 Å². The van der Waals surface area contributed by atoms with E-state index in [2.05, 4.69) is 84.8 Å². The molecule has 0 aliphatic carbocycles. The van der Waals surface area contributed by atoms with Crippen LogP contribution in [0.2, 0.25) is 0 Å². The minimum atomic E-state index is -0.216. The highest BCUT2D eigenvalue weighted by Crippen LogP contribution is 2.30. The highest BCUT2D eigenvalue weighted by Gasteiger charge is 2.12. The van der Waals surface area contributed by atoms with Crippen LogP contribution in [0.4, 0.5) is 5.13 Å². The van der Waals surface area contributed by atoms with Gasteiger partial charge in [-0.1, -0.05) is 111 Å². The fraction of sp³-hybridized carbons (Fsp3) is 0.192. The van der Waals surface area contributed by atoms with Gasteiger partial charge in [-0.2, -0.15) is 0 Å². The normalized spacial score (nSPS) is 11.8. The van der Waals surface area contributed by atoms with E-state index in [9.17, 15) is 4.79 Å². The molecule has 6 heteroatoms. The monoisotopic (exact) mass is 459 g/mol. The van der Waals surface area contributed by atoms with Crippen LogP contribution in [-0.2, 0) is 16.0 Å². The van der Waals surface area contributed by atoms with Gasteiger partial charge in [0.05, 0.1) is 0 Å². The summed E-state index contributed by atoms with van der Waals surface area (Å²) in [4.78, 5) is 12.3. The zero-order valence-electron chi connectivity index (χ0n) is 18.3. The van der Waals surface area contributed by atoms with Crippen LogP contribution in [0.3, 0.4) is 0 Å². The lowest BCUT2D eigenvalue weighted by Crippen LogP contribution is -2.10. The van der Waals surface area contributed by atoms with Gasteiger partial charge in [-0.15, -0.1) is 10.2 Å². The van der Waals surface area contributed by atoms with Gasteiger partial charge >= 0.3 is 0 Å². The summed E-state index contributed by atoms with van der Waals surface area (Å²) in [6.07, 6.45) is 3.33. The molecule has 0 saturated heterocycles. The number of rotatable bonds is 6. The molecule has 0 aliphatic heterocycles. The number of anilines is 1. The molecule has 4 aromatic rings. The van der Waals surface area contributed by atoms with E-state index in [0.717, 1.165) is 15.7 Å². The van der Waals surface area contributed by atoms with Crippen molar-refractivity contribution in [1.29, 1.82) is 0 Å². The molecule has 0 saturated carbocycles. The van der Waals surface area contributed by atoms with E-state index in [1.54, 1.807) is 17.8 Å². The quantitative estimate of drug-likeness (QED) is 0.193. The minimum Gasteiger partial charge on any atom is -0.297 e. The predicted octanol–water partition coefficient (Wildman–Crippen LogP) is 6.93. The molecule has 3 aromatic carbocycles. The molecule has 1 amide bonds. The van der Waals surface area contributed by atoms with E-state index in [1.807, 2.05) is 18.2 Å². The molecule has 0 fully saturated rings. The van der Waals surface area contributed by atoms with Gasteiger partial charge in [-0.25, -0.2) is 0 Å². The Bertz CT molecular complexity index is 1250. The third-order valence-corrected chi connectivity index (χ3v) is 7.09. The average molecular weight is 460 g/mol. The molecule has 4 rings (SSSR count). The van der Waals surface area contributed by atoms with Crippen molar-refractivity contribution in [3.63, 3.8) is 0 Å². The lowest BCUT2D eigenvalue weighted by Gasteiger charge is -2.18. The van der Waals surface area contributed by atoms with Gasteiger partial charge in [-0.3, -0.25) is 10.1 Å². The highest BCUT2D eigenvalue weighted by atomic mass is 32.2. The lowest BCUT2D eigenvalue weighted by molar-refractivity contribution is -0.111. The van der Waals surface area contributed by atoms with Crippen LogP contribution in [0.5, 0.6) is 0 Å². The number of hydrogen-bond donors (Lipinski definition) is 1. The molecule has 1 heterocycles. The molecule has 162 valence electrons. The maximum atomic E-state index is 12.3. The Morgan fingerprint density at radius 2 is 1.75 bits per heavy atom. The van der Waals surface area contributed by atoms with Gasteiger partial charge in [0, 0.05) is 11.8 Å². The zero-order valence-corrected chi connectivity index (χ0v) is 20.0. The number of fused-ring (bicyclic) bond motifs is 1. The molecule has 0 unspecified atom stereocenters. The van der Waals surface area contributed by atoms with Crippen molar-refractivity contribution in [3.8, 4) is 0 Å². The molecular weight excluding hydrogens is 434 g/mol. The first kappa shape index (κ1) is 22.2. The topological polar surface area (TPSA) is 54.9 Å². The van der Waals surface area contributed by atoms with E-state index < -0.39 is 0 Å². The summed E-state index contributed by atoms with van der Waals surface area (Å²) in [7, 11) is 0. The van der Waals surface area contributed by atoms with Gasteiger partial charge < -0.3 is 0 Å². The number of amides is 1. The number of nitrogens with zero attached hydrogens (tertiary/aromatic N) is 2. The smallest absolute Gasteiger partial charge is 0.250 e. The summed E-state index contributed by atoms with van der Waals surface area (Å²) in [6, 6.07) is 22.9. The number of aromatic nitrogens is 2. The van der Waals surface area contributed by atoms with E-state index in [4.69, 9.17) is 0 Å². The average Bonchev–Trinajstić information content (AvgIpc) is 3.23. The highest BCUT2D eigenvalue weighted by molar-refractivity contribution is 8.00. The molecule has 4 nitrogen and oxygen atoms in total. The number of nitrogens with one attached hydrogen (secondary N) is 1. The van der Waals surface area contributed by atoms with Crippen molar-refractivity contribution in [2.45, 2.75) is 36.3 Å². The van der Waals surface area contributed by atoms with Gasteiger partial charge in [0.15, 0.2) is 4.34 Å². The largest absolute Gasteiger partial charge is 0.297 e. The summed E-state index contributed by atoms with van der Waals surface area (Å²) >= 11 is 3.01. The molecule has 0 radical (unpaired) electrons. The first-order valence-corrected chi connectivity index (χ1v) is 12.2. The van der Waals surface area contributed by atoms with Crippen molar-refractivity contribution in [1.82, 2.24) is 10.2 Å². The van der Waals surface area contributed by atoms with Crippen LogP contribution >= 0.6 is 23.1 Å². The molecule has 0 atom stereocenters. The third-order valence-electron chi connectivity index (χ3n) is 5.07. The number of hydrogen-bond acceptors (Lipinski definition) is 5. The molecule has 32 heavy (non-hydrogen) atoms. The second-order valence-corrected chi connectivity index (χ2v) is 10.7. The van der Waals surface area contributed by atoms with E-state index >= 15 is 0 Å². The second kappa shape index (κ2) is 9.67. The molecule has 0 spiro atoms. The van der Waals surface area contributed by atoms with Gasteiger partial charge in [0.1, 0.15) is 0 Å². The second-order valence-electron chi connectivity index (χ2n) is 8.49. The van der Waals surface area contributed by atoms with Gasteiger partial charge in [0.25, 0.3) is 0 Å². The molecule has 0 aliphatic rings. The standard InChI is InChI=1S/C26H25N3OS2/c1-26(2,3)21-14-11-18(12-15-21)13-16-23(30)27-24-28-29-25(32-24)31-17-20-9-6-8-19-7-4-5-10-22(19)20/h4-16H,17H2,1-3H3,(H,27,28,30)/b16-13+. The fourth-order valence-electron chi connectivity index (χ4n) is 3.29. The van der Waals surface area contributed by atoms with Crippen molar-refractivity contribution in [2.24, 2.45) is 0 Å². The number of carbonyl (C=O) groups is 1. The Balaban J connectivity index is 1.33. The molecule has 1 N–H and O–H groups in total. The van der Waals surface area contributed by atoms with Crippen molar-refractivity contribution < 1.29 is 4.79 Å². The van der Waals surface area contributed by atoms with Gasteiger partial charge in [-0.05, 0) is 39.0 Å². The Hall–Kier alpha value is -2.96. The van der Waals surface area contributed by atoms with E-state index in [1.165, 1.54) is 39.3 Å². The Kier molecular flexibility index (Phi) is 6.72. The van der Waals surface area contributed by atoms with Crippen LogP contribution in [0.1, 0.15) is 37.5 Å². The molecule has 0 bridgehead atoms. The SMILES string of the molecule is CC(C)(C)c1ccc(/C=C/C(=O)Nc2nnc(SCc3cccc4ccccc34)s2)cc1. The fourth-order valence-corrected chi connectivity index (χ4v) is 5.05. The maximum absolute atomic E-state index is 12.3. The first-order valence-electron chi connectivity index (χ1n) is 10.4. The predicted molar refractivity (Wildman–Crippen MR) is 136 cm³/mol. The Morgan fingerprint density at radius 3 is 2.53 bits per heavy atom. The number of carbonyl (C=O) groups excluding carboxylic acids is 1. The zero-order chi connectivity index (χ0) is 22.6. The van der Waals surface area contributed by atoms with Crippen LogP contribution in [0.25, 0.3) is 16.8 Å². The van der Waals surface area contributed by atoms with Crippen LogP contribution in [0.15, 0.2) is 77.1 Å². The van der Waals surface area contributed by atoms with Crippen molar-refractivity contribution in [2.75, 3.05) is 5.32 Å². The van der Waals surface area contributed by atoms with Crippen LogP contribution in [0, 0.1) is 0 Å². The maximum Gasteiger partial charge on any atom is 0.250 e. The third kappa shape index (κ3) is 5.64. The van der Waals surface area contributed by atoms with E-state index in [0.29, 0.717) is 5.13 Å². The van der Waals surface area contributed by atoms with Crippen LogP contribution < -0.4 is 5.32 Å². The minimum absolute atomic E-state index is 0.112. The summed E-state index contributed by atoms with van der Waals surface area (Å²) in [5, 5.41) is 14.1. The summed E-state index contributed by atoms with van der Waals surface area (Å²) in [6.45, 7) is 6.55. The lowest BCUT2D eigenvalue weighted by atomic mass is 9.87. The molecule has 1 aromatic heterocycles. The number of benzene rings is 3. The Labute approximate surface area is 196 Å². The first-order chi connectivity index (χ1) is 15.4. The number of thioether (sulfide) groups is 1.